The van der Waals surface area contributed by atoms with Gasteiger partial charge in [-0.15, -0.1) is 0 Å². The molecule has 0 unspecified atom stereocenters. The van der Waals surface area contributed by atoms with Crippen LogP contribution in [0, 0.1) is 5.82 Å². The number of imide groups is 1. The third kappa shape index (κ3) is 2.83. The summed E-state index contributed by atoms with van der Waals surface area (Å²) in [6, 6.07) is 11.6. The van der Waals surface area contributed by atoms with Crippen LogP contribution in [-0.2, 0) is 25.0 Å². The van der Waals surface area contributed by atoms with Gasteiger partial charge in [-0.3, -0.25) is 9.59 Å². The Balaban J connectivity index is 2.05. The van der Waals surface area contributed by atoms with E-state index in [1.54, 1.807) is 37.3 Å². The monoisotopic (exact) mass is 362 g/mol. The second-order valence-electron chi connectivity index (χ2n) is 6.07. The molecule has 130 valence electrons. The Morgan fingerprint density at radius 3 is 2.32 bits per heavy atom. The van der Waals surface area contributed by atoms with Crippen molar-refractivity contribution in [3.63, 3.8) is 0 Å². The third-order valence-electron chi connectivity index (χ3n) is 4.33. The van der Waals surface area contributed by atoms with Gasteiger partial charge in [0.05, 0.1) is 16.0 Å². The molecular formula is C17H15FN2O4S. The van der Waals surface area contributed by atoms with Crippen molar-refractivity contribution in [2.45, 2.75) is 23.7 Å². The summed E-state index contributed by atoms with van der Waals surface area (Å²) in [5.41, 5.74) is -0.747. The molecule has 1 atom stereocenters. The zero-order valence-electron chi connectivity index (χ0n) is 13.3. The predicted molar refractivity (Wildman–Crippen MR) is 88.7 cm³/mol. The number of nitrogens with two attached hydrogens (primary N) is 1. The van der Waals surface area contributed by atoms with Crippen molar-refractivity contribution in [2.24, 2.45) is 5.14 Å². The summed E-state index contributed by atoms with van der Waals surface area (Å²) in [6.07, 6.45) is -0.105. The second-order valence-corrected chi connectivity index (χ2v) is 7.63. The van der Waals surface area contributed by atoms with Crippen LogP contribution in [0.25, 0.3) is 0 Å². The van der Waals surface area contributed by atoms with E-state index < -0.39 is 38.0 Å². The van der Waals surface area contributed by atoms with Gasteiger partial charge in [0.1, 0.15) is 5.82 Å². The normalized spacial score (nSPS) is 21.0. The Bertz CT molecular complexity index is 975. The first-order chi connectivity index (χ1) is 11.6. The van der Waals surface area contributed by atoms with Crippen LogP contribution in [0.5, 0.6) is 0 Å². The maximum absolute atomic E-state index is 14.4. The summed E-state index contributed by atoms with van der Waals surface area (Å²) < 4.78 is 37.0. The van der Waals surface area contributed by atoms with Gasteiger partial charge in [-0.25, -0.2) is 22.8 Å². The van der Waals surface area contributed by atoms with Crippen molar-refractivity contribution >= 4 is 27.5 Å². The number of benzene rings is 2. The molecule has 25 heavy (non-hydrogen) atoms. The molecule has 0 aromatic heterocycles. The molecule has 3 rings (SSSR count). The molecule has 6 nitrogen and oxygen atoms in total. The SMILES string of the molecule is C[C@]1(c2ccccc2)CC(=O)N(c2ccc(S(N)(=O)=O)cc2F)C1=O. The molecule has 1 fully saturated rings. The molecule has 1 aliphatic heterocycles. The highest BCUT2D eigenvalue weighted by molar-refractivity contribution is 7.89. The van der Waals surface area contributed by atoms with E-state index in [0.717, 1.165) is 17.0 Å². The van der Waals surface area contributed by atoms with Gasteiger partial charge in [0, 0.05) is 6.42 Å². The van der Waals surface area contributed by atoms with Gasteiger partial charge < -0.3 is 0 Å². The zero-order chi connectivity index (χ0) is 18.4. The molecule has 0 spiro atoms. The van der Waals surface area contributed by atoms with Gasteiger partial charge in [0.25, 0.3) is 0 Å². The summed E-state index contributed by atoms with van der Waals surface area (Å²) in [7, 11) is -4.09. The fourth-order valence-corrected chi connectivity index (χ4v) is 3.46. The highest BCUT2D eigenvalue weighted by Crippen LogP contribution is 2.39. The Morgan fingerprint density at radius 1 is 1.12 bits per heavy atom. The number of halogens is 1. The van der Waals surface area contributed by atoms with Crippen molar-refractivity contribution in [1.29, 1.82) is 0 Å². The van der Waals surface area contributed by atoms with Gasteiger partial charge >= 0.3 is 0 Å². The smallest absolute Gasteiger partial charge is 0.244 e. The summed E-state index contributed by atoms with van der Waals surface area (Å²) in [5.74, 6) is -2.13. The molecule has 1 saturated heterocycles. The minimum Gasteiger partial charge on any atom is -0.274 e. The topological polar surface area (TPSA) is 97.5 Å². The van der Waals surface area contributed by atoms with Crippen molar-refractivity contribution in [1.82, 2.24) is 0 Å². The van der Waals surface area contributed by atoms with Crippen LogP contribution in [0.4, 0.5) is 10.1 Å². The van der Waals surface area contributed by atoms with Crippen LogP contribution >= 0.6 is 0 Å². The fourth-order valence-electron chi connectivity index (χ4n) is 2.94. The molecule has 1 heterocycles. The molecule has 2 amide bonds. The number of anilines is 1. The Kier molecular flexibility index (Phi) is 3.97. The number of primary sulfonamides is 1. The molecule has 0 saturated carbocycles. The minimum absolute atomic E-state index is 0.105. The second kappa shape index (κ2) is 5.75. The molecule has 0 aliphatic carbocycles. The van der Waals surface area contributed by atoms with Crippen LogP contribution in [0.2, 0.25) is 0 Å². The van der Waals surface area contributed by atoms with E-state index in [2.05, 4.69) is 0 Å². The maximum atomic E-state index is 14.4. The lowest BCUT2D eigenvalue weighted by molar-refractivity contribution is -0.122. The fraction of sp³-hybridized carbons (Fsp3) is 0.176. The van der Waals surface area contributed by atoms with E-state index in [-0.39, 0.29) is 12.1 Å². The van der Waals surface area contributed by atoms with Gasteiger partial charge in [-0.05, 0) is 30.7 Å². The molecular weight excluding hydrogens is 347 g/mol. The Morgan fingerprint density at radius 2 is 1.76 bits per heavy atom. The highest BCUT2D eigenvalue weighted by atomic mass is 32.2. The van der Waals surface area contributed by atoms with Crippen LogP contribution in [-0.4, -0.2) is 20.2 Å². The number of nitrogens with zero attached hydrogens (tertiary/aromatic N) is 1. The predicted octanol–water partition coefficient (Wildman–Crippen LogP) is 1.69. The molecule has 0 radical (unpaired) electrons. The highest BCUT2D eigenvalue weighted by Gasteiger charge is 2.50. The summed E-state index contributed by atoms with van der Waals surface area (Å²) in [5, 5.41) is 4.96. The first-order valence-electron chi connectivity index (χ1n) is 7.40. The maximum Gasteiger partial charge on any atom is 0.244 e. The standard InChI is InChI=1S/C17H15FN2O4S/c1-17(11-5-3-2-4-6-11)10-15(21)20(16(17)22)14-8-7-12(9-13(14)18)25(19,23)24/h2-9H,10H2,1H3,(H2,19,23,24)/t17-/m1/s1. The number of carbonyl (C=O) groups is 2. The van der Waals surface area contributed by atoms with Crippen molar-refractivity contribution in [3.05, 3.63) is 59.9 Å². The summed E-state index contributed by atoms with van der Waals surface area (Å²) >= 11 is 0. The third-order valence-corrected chi connectivity index (χ3v) is 5.24. The molecule has 2 N–H and O–H groups in total. The largest absolute Gasteiger partial charge is 0.274 e. The van der Waals surface area contributed by atoms with Gasteiger partial charge in [0.15, 0.2) is 0 Å². The number of sulfonamides is 1. The lowest BCUT2D eigenvalue weighted by atomic mass is 9.81. The van der Waals surface area contributed by atoms with E-state index in [0.29, 0.717) is 11.6 Å². The number of amides is 2. The number of rotatable bonds is 3. The van der Waals surface area contributed by atoms with Gasteiger partial charge in [-0.2, -0.15) is 0 Å². The number of carbonyl (C=O) groups excluding carboxylic acids is 2. The van der Waals surface area contributed by atoms with E-state index in [4.69, 9.17) is 5.14 Å². The average molecular weight is 362 g/mol. The van der Waals surface area contributed by atoms with Crippen LogP contribution in [0.3, 0.4) is 0 Å². The van der Waals surface area contributed by atoms with E-state index in [1.165, 1.54) is 0 Å². The average Bonchev–Trinajstić information content (AvgIpc) is 2.78. The summed E-state index contributed by atoms with van der Waals surface area (Å²) in [6.45, 7) is 1.62. The number of hydrogen-bond acceptors (Lipinski definition) is 4. The van der Waals surface area contributed by atoms with E-state index in [1.807, 2.05) is 0 Å². The zero-order valence-corrected chi connectivity index (χ0v) is 14.1. The van der Waals surface area contributed by atoms with Crippen molar-refractivity contribution in [2.75, 3.05) is 4.90 Å². The molecule has 2 aromatic carbocycles. The van der Waals surface area contributed by atoms with Crippen molar-refractivity contribution < 1.29 is 22.4 Å². The Labute approximate surface area is 144 Å². The Hall–Kier alpha value is -2.58. The van der Waals surface area contributed by atoms with E-state index >= 15 is 0 Å². The first kappa shape index (κ1) is 17.2. The van der Waals surface area contributed by atoms with Gasteiger partial charge in [-0.1, -0.05) is 30.3 Å². The quantitative estimate of drug-likeness (QED) is 0.840. The summed E-state index contributed by atoms with van der Waals surface area (Å²) in [4.78, 5) is 25.6. The number of hydrogen-bond donors (Lipinski definition) is 1. The van der Waals surface area contributed by atoms with Crippen LogP contribution < -0.4 is 10.0 Å². The molecule has 1 aliphatic rings. The van der Waals surface area contributed by atoms with Crippen LogP contribution in [0.1, 0.15) is 18.9 Å². The minimum atomic E-state index is -4.09. The molecule has 2 aromatic rings. The molecule has 8 heteroatoms. The van der Waals surface area contributed by atoms with E-state index in [9.17, 15) is 22.4 Å². The lowest BCUT2D eigenvalue weighted by Crippen LogP contribution is -2.37. The molecule has 0 bridgehead atoms. The van der Waals surface area contributed by atoms with Crippen LogP contribution in [0.15, 0.2) is 53.4 Å². The van der Waals surface area contributed by atoms with Crippen molar-refractivity contribution in [3.8, 4) is 0 Å². The lowest BCUT2D eigenvalue weighted by Gasteiger charge is -2.23. The van der Waals surface area contributed by atoms with Gasteiger partial charge in [0.2, 0.25) is 21.8 Å². The first-order valence-corrected chi connectivity index (χ1v) is 8.94.